The third-order valence-electron chi connectivity index (χ3n) is 5.15. The van der Waals surface area contributed by atoms with Crippen LogP contribution in [0, 0.1) is 0 Å². The van der Waals surface area contributed by atoms with Crippen LogP contribution in [0.4, 0.5) is 0 Å². The maximum Gasteiger partial charge on any atom is 0.333 e. The average molecular weight is 396 g/mol. The number of amides is 2. The van der Waals surface area contributed by atoms with E-state index in [-0.39, 0.29) is 19.3 Å². The lowest BCUT2D eigenvalue weighted by Crippen LogP contribution is -2.31. The molecule has 0 bridgehead atoms. The van der Waals surface area contributed by atoms with Gasteiger partial charge < -0.3 is 9.63 Å². The third-order valence-corrected chi connectivity index (χ3v) is 5.15. The van der Waals surface area contributed by atoms with E-state index in [0.29, 0.717) is 11.5 Å². The Hall–Kier alpha value is -1.72. The molecular formula is C22H37NO5. The van der Waals surface area contributed by atoms with E-state index in [9.17, 15) is 19.2 Å². The van der Waals surface area contributed by atoms with Gasteiger partial charge >= 0.3 is 5.97 Å². The van der Waals surface area contributed by atoms with E-state index in [1.807, 2.05) is 0 Å². The average Bonchev–Trinajstić information content (AvgIpc) is 2.99. The largest absolute Gasteiger partial charge is 0.333 e. The zero-order valence-corrected chi connectivity index (χ0v) is 17.3. The molecule has 1 aliphatic heterocycles. The Balaban J connectivity index is 1.79. The molecule has 1 fully saturated rings. The first-order valence-corrected chi connectivity index (χ1v) is 11.2. The summed E-state index contributed by atoms with van der Waals surface area (Å²) in [6, 6.07) is 0. The van der Waals surface area contributed by atoms with Crippen molar-refractivity contribution in [2.45, 2.75) is 116 Å². The molecule has 1 rings (SSSR count). The number of imide groups is 1. The summed E-state index contributed by atoms with van der Waals surface area (Å²) in [7, 11) is 0. The van der Waals surface area contributed by atoms with Crippen LogP contribution >= 0.6 is 0 Å². The van der Waals surface area contributed by atoms with Crippen molar-refractivity contribution in [1.82, 2.24) is 5.06 Å². The minimum atomic E-state index is -0.493. The van der Waals surface area contributed by atoms with Crippen molar-refractivity contribution in [2.75, 3.05) is 0 Å². The Morgan fingerprint density at radius 3 is 1.54 bits per heavy atom. The van der Waals surface area contributed by atoms with Gasteiger partial charge in [-0.15, -0.1) is 5.06 Å². The normalized spacial score (nSPS) is 13.9. The lowest BCUT2D eigenvalue weighted by Gasteiger charge is -2.12. The summed E-state index contributed by atoms with van der Waals surface area (Å²) in [5.41, 5.74) is 0. The van der Waals surface area contributed by atoms with E-state index in [1.54, 1.807) is 0 Å². The van der Waals surface area contributed by atoms with Gasteiger partial charge in [0.05, 0.1) is 0 Å². The lowest BCUT2D eigenvalue weighted by molar-refractivity contribution is -0.197. The van der Waals surface area contributed by atoms with Gasteiger partial charge in [-0.25, -0.2) is 4.79 Å². The minimum absolute atomic E-state index is 0.134. The van der Waals surface area contributed by atoms with E-state index in [2.05, 4.69) is 0 Å². The molecule has 0 spiro atoms. The van der Waals surface area contributed by atoms with Crippen molar-refractivity contribution in [3.8, 4) is 0 Å². The zero-order chi connectivity index (χ0) is 20.5. The quantitative estimate of drug-likeness (QED) is 0.185. The van der Waals surface area contributed by atoms with Crippen LogP contribution in [0.2, 0.25) is 0 Å². The van der Waals surface area contributed by atoms with Gasteiger partial charge in [-0.05, 0) is 12.8 Å². The number of rotatable bonds is 18. The fourth-order valence-electron chi connectivity index (χ4n) is 3.42. The van der Waals surface area contributed by atoms with Crippen LogP contribution in [0.3, 0.4) is 0 Å². The second-order valence-corrected chi connectivity index (χ2v) is 7.70. The molecule has 1 heterocycles. The highest BCUT2D eigenvalue weighted by Crippen LogP contribution is 2.15. The molecule has 0 radical (unpaired) electrons. The molecule has 6 nitrogen and oxygen atoms in total. The third kappa shape index (κ3) is 11.9. The molecule has 0 aliphatic carbocycles. The first-order valence-electron chi connectivity index (χ1n) is 11.2. The molecule has 28 heavy (non-hydrogen) atoms. The second-order valence-electron chi connectivity index (χ2n) is 7.70. The van der Waals surface area contributed by atoms with Gasteiger partial charge in [0.1, 0.15) is 6.29 Å². The van der Waals surface area contributed by atoms with Crippen LogP contribution in [0.5, 0.6) is 0 Å². The molecule has 0 N–H and O–H groups in total. The number of carbonyl (C=O) groups excluding carboxylic acids is 4. The van der Waals surface area contributed by atoms with Gasteiger partial charge in [-0.1, -0.05) is 77.0 Å². The van der Waals surface area contributed by atoms with E-state index < -0.39 is 17.8 Å². The number of unbranched alkanes of at least 4 members (excludes halogenated alkanes) is 14. The van der Waals surface area contributed by atoms with Gasteiger partial charge in [-0.2, -0.15) is 0 Å². The number of aldehydes is 1. The molecule has 0 aromatic heterocycles. The van der Waals surface area contributed by atoms with Crippen LogP contribution < -0.4 is 0 Å². The molecule has 0 atom stereocenters. The molecule has 1 saturated heterocycles. The van der Waals surface area contributed by atoms with Gasteiger partial charge in [-0.3, -0.25) is 9.59 Å². The Labute approximate surface area is 169 Å². The molecule has 6 heteroatoms. The highest BCUT2D eigenvalue weighted by Gasteiger charge is 2.32. The standard InChI is InChI=1S/C22H37NO5/c24-19-15-13-11-9-7-5-3-1-2-4-6-8-10-12-14-16-22(27)28-23-20(25)17-18-21(23)26/h19H,1-18H2. The van der Waals surface area contributed by atoms with Crippen molar-refractivity contribution in [3.05, 3.63) is 0 Å². The summed E-state index contributed by atoms with van der Waals surface area (Å²) in [6.45, 7) is 0. The highest BCUT2D eigenvalue weighted by atomic mass is 16.7. The molecule has 0 unspecified atom stereocenters. The predicted molar refractivity (Wildman–Crippen MR) is 107 cm³/mol. The van der Waals surface area contributed by atoms with Crippen LogP contribution in [-0.2, 0) is 24.0 Å². The highest BCUT2D eigenvalue weighted by molar-refractivity contribution is 6.01. The summed E-state index contributed by atoms with van der Waals surface area (Å²) < 4.78 is 0. The molecule has 1 aliphatic rings. The van der Waals surface area contributed by atoms with E-state index in [4.69, 9.17) is 4.84 Å². The van der Waals surface area contributed by atoms with Gasteiger partial charge in [0.25, 0.3) is 11.8 Å². The molecule has 160 valence electrons. The Morgan fingerprint density at radius 1 is 0.714 bits per heavy atom. The minimum Gasteiger partial charge on any atom is -0.330 e. The molecule has 0 saturated carbocycles. The number of nitrogens with zero attached hydrogens (tertiary/aromatic N) is 1. The summed E-state index contributed by atoms with van der Waals surface area (Å²) in [5.74, 6) is -1.34. The summed E-state index contributed by atoms with van der Waals surface area (Å²) >= 11 is 0. The Kier molecular flexibility index (Phi) is 14.1. The predicted octanol–water partition coefficient (Wildman–Crippen LogP) is 5.03. The first kappa shape index (κ1) is 24.3. The van der Waals surface area contributed by atoms with Crippen molar-refractivity contribution < 1.29 is 24.0 Å². The molecular weight excluding hydrogens is 358 g/mol. The van der Waals surface area contributed by atoms with Gasteiger partial charge in [0.15, 0.2) is 0 Å². The summed E-state index contributed by atoms with van der Waals surface area (Å²) in [4.78, 5) is 49.4. The Morgan fingerprint density at radius 2 is 1.11 bits per heavy atom. The van der Waals surface area contributed by atoms with Crippen LogP contribution in [0.25, 0.3) is 0 Å². The SMILES string of the molecule is O=CCCCCCCCCCCCCCCCCC(=O)ON1C(=O)CCC1=O. The second kappa shape index (κ2) is 16.3. The van der Waals surface area contributed by atoms with Gasteiger partial charge in [0, 0.05) is 25.7 Å². The number of hydroxylamine groups is 2. The van der Waals surface area contributed by atoms with E-state index in [0.717, 1.165) is 32.0 Å². The fourth-order valence-corrected chi connectivity index (χ4v) is 3.42. The van der Waals surface area contributed by atoms with Crippen LogP contribution in [0.1, 0.15) is 116 Å². The lowest BCUT2D eigenvalue weighted by atomic mass is 10.0. The smallest absolute Gasteiger partial charge is 0.330 e. The topological polar surface area (TPSA) is 80.8 Å². The maximum atomic E-state index is 11.7. The first-order chi connectivity index (χ1) is 13.6. The van der Waals surface area contributed by atoms with Crippen molar-refractivity contribution in [3.63, 3.8) is 0 Å². The maximum absolute atomic E-state index is 11.7. The van der Waals surface area contributed by atoms with Crippen LogP contribution in [-0.4, -0.2) is 29.1 Å². The molecule has 2 amide bonds. The van der Waals surface area contributed by atoms with Crippen molar-refractivity contribution in [2.24, 2.45) is 0 Å². The summed E-state index contributed by atoms with van der Waals surface area (Å²) in [5, 5.41) is 0.621. The summed E-state index contributed by atoms with van der Waals surface area (Å²) in [6.07, 6.45) is 18.8. The van der Waals surface area contributed by atoms with Crippen LogP contribution in [0.15, 0.2) is 0 Å². The number of carbonyl (C=O) groups is 4. The van der Waals surface area contributed by atoms with Crippen molar-refractivity contribution in [1.29, 1.82) is 0 Å². The van der Waals surface area contributed by atoms with E-state index in [1.165, 1.54) is 64.2 Å². The van der Waals surface area contributed by atoms with E-state index >= 15 is 0 Å². The monoisotopic (exact) mass is 395 g/mol. The Bertz CT molecular complexity index is 462. The number of hydrogen-bond donors (Lipinski definition) is 0. The van der Waals surface area contributed by atoms with Crippen molar-refractivity contribution >= 4 is 24.1 Å². The molecule has 0 aromatic carbocycles. The fraction of sp³-hybridized carbons (Fsp3) is 0.818. The number of hydrogen-bond acceptors (Lipinski definition) is 5. The van der Waals surface area contributed by atoms with Gasteiger partial charge in [0.2, 0.25) is 0 Å². The zero-order valence-electron chi connectivity index (χ0n) is 17.3. The molecule has 0 aromatic rings.